The van der Waals surface area contributed by atoms with Gasteiger partial charge in [-0.15, -0.1) is 0 Å². The molecule has 0 saturated carbocycles. The molecule has 0 aromatic carbocycles. The summed E-state index contributed by atoms with van der Waals surface area (Å²) < 4.78 is 11.3. The minimum Gasteiger partial charge on any atom is -0.393 e. The van der Waals surface area contributed by atoms with Crippen LogP contribution in [-0.2, 0) is 9.47 Å². The van der Waals surface area contributed by atoms with Crippen molar-refractivity contribution in [1.82, 2.24) is 0 Å². The molecule has 1 N–H and O–H groups in total. The van der Waals surface area contributed by atoms with Gasteiger partial charge in [-0.05, 0) is 38.5 Å². The summed E-state index contributed by atoms with van der Waals surface area (Å²) in [7, 11) is 0. The highest BCUT2D eigenvalue weighted by atomic mass is 16.5. The standard InChI is InChI=1S/C11H20O3/c1-11(8-12)5-2-10(14-11)9-3-6-13-7-4-9/h9-10,12H,2-8H2,1H3. The molecule has 2 saturated heterocycles. The zero-order chi connectivity index (χ0) is 10.0. The summed E-state index contributed by atoms with van der Waals surface area (Å²) in [4.78, 5) is 0. The zero-order valence-corrected chi connectivity index (χ0v) is 8.87. The minimum absolute atomic E-state index is 0.146. The van der Waals surface area contributed by atoms with Crippen molar-refractivity contribution in [3.05, 3.63) is 0 Å². The third kappa shape index (κ3) is 2.10. The van der Waals surface area contributed by atoms with Gasteiger partial charge in [-0.25, -0.2) is 0 Å². The summed E-state index contributed by atoms with van der Waals surface area (Å²) >= 11 is 0. The average molecular weight is 200 g/mol. The topological polar surface area (TPSA) is 38.7 Å². The van der Waals surface area contributed by atoms with E-state index in [-0.39, 0.29) is 12.2 Å². The van der Waals surface area contributed by atoms with Crippen molar-refractivity contribution in [3.8, 4) is 0 Å². The van der Waals surface area contributed by atoms with Crippen LogP contribution in [0.3, 0.4) is 0 Å². The number of aliphatic hydroxyl groups is 1. The van der Waals surface area contributed by atoms with Gasteiger partial charge in [0.05, 0.1) is 18.3 Å². The van der Waals surface area contributed by atoms with E-state index in [1.54, 1.807) is 0 Å². The van der Waals surface area contributed by atoms with Crippen molar-refractivity contribution in [2.75, 3.05) is 19.8 Å². The molecule has 2 atom stereocenters. The molecule has 2 rings (SSSR count). The Morgan fingerprint density at radius 2 is 2.00 bits per heavy atom. The Bertz CT molecular complexity index is 189. The lowest BCUT2D eigenvalue weighted by Crippen LogP contribution is -2.33. The van der Waals surface area contributed by atoms with Crippen LogP contribution in [0.15, 0.2) is 0 Å². The normalized spacial score (nSPS) is 40.3. The van der Waals surface area contributed by atoms with Crippen LogP contribution in [0.25, 0.3) is 0 Å². The zero-order valence-electron chi connectivity index (χ0n) is 8.87. The molecule has 2 aliphatic heterocycles. The first-order valence-corrected chi connectivity index (χ1v) is 5.60. The van der Waals surface area contributed by atoms with Gasteiger partial charge in [-0.1, -0.05) is 0 Å². The Morgan fingerprint density at radius 1 is 1.29 bits per heavy atom. The Morgan fingerprint density at radius 3 is 2.57 bits per heavy atom. The number of hydrogen-bond acceptors (Lipinski definition) is 3. The lowest BCUT2D eigenvalue weighted by molar-refractivity contribution is -0.0932. The molecule has 0 amide bonds. The van der Waals surface area contributed by atoms with Gasteiger partial charge in [0.25, 0.3) is 0 Å². The lowest BCUT2D eigenvalue weighted by Gasteiger charge is -2.29. The molecule has 3 heteroatoms. The van der Waals surface area contributed by atoms with E-state index in [0.717, 1.165) is 38.9 Å². The van der Waals surface area contributed by atoms with E-state index in [1.165, 1.54) is 0 Å². The molecule has 2 aliphatic rings. The Kier molecular flexibility index (Phi) is 3.10. The maximum atomic E-state index is 9.19. The fourth-order valence-corrected chi connectivity index (χ4v) is 2.47. The molecule has 0 spiro atoms. The first-order valence-electron chi connectivity index (χ1n) is 5.60. The van der Waals surface area contributed by atoms with Crippen LogP contribution in [0.5, 0.6) is 0 Å². The van der Waals surface area contributed by atoms with Gasteiger partial charge < -0.3 is 14.6 Å². The maximum absolute atomic E-state index is 9.19. The predicted octanol–water partition coefficient (Wildman–Crippen LogP) is 1.34. The summed E-state index contributed by atoms with van der Waals surface area (Å²) in [5.74, 6) is 0.650. The van der Waals surface area contributed by atoms with Gasteiger partial charge in [0, 0.05) is 13.2 Å². The van der Waals surface area contributed by atoms with Crippen LogP contribution in [0.2, 0.25) is 0 Å². The van der Waals surface area contributed by atoms with E-state index in [4.69, 9.17) is 9.47 Å². The number of ether oxygens (including phenoxy) is 2. The van der Waals surface area contributed by atoms with Crippen LogP contribution in [0.1, 0.15) is 32.6 Å². The molecule has 3 nitrogen and oxygen atoms in total. The molecule has 0 aromatic heterocycles. The van der Waals surface area contributed by atoms with Crippen molar-refractivity contribution in [2.45, 2.75) is 44.3 Å². The van der Waals surface area contributed by atoms with Crippen LogP contribution < -0.4 is 0 Å². The van der Waals surface area contributed by atoms with Gasteiger partial charge in [0.15, 0.2) is 0 Å². The first kappa shape index (κ1) is 10.4. The predicted molar refractivity (Wildman–Crippen MR) is 53.1 cm³/mol. The maximum Gasteiger partial charge on any atom is 0.0889 e. The summed E-state index contributed by atoms with van der Waals surface area (Å²) in [5.41, 5.74) is -0.275. The second kappa shape index (κ2) is 4.17. The van der Waals surface area contributed by atoms with E-state index >= 15 is 0 Å². The van der Waals surface area contributed by atoms with Gasteiger partial charge in [0.2, 0.25) is 0 Å². The van der Waals surface area contributed by atoms with Gasteiger partial charge in [-0.3, -0.25) is 0 Å². The Balaban J connectivity index is 1.88. The highest BCUT2D eigenvalue weighted by Crippen LogP contribution is 2.36. The molecule has 2 heterocycles. The summed E-state index contributed by atoms with van der Waals surface area (Å²) in [6.45, 7) is 3.90. The molecule has 0 aromatic rings. The average Bonchev–Trinajstić information content (AvgIpc) is 2.63. The minimum atomic E-state index is -0.275. The Hall–Kier alpha value is -0.120. The SMILES string of the molecule is CC1(CO)CCC(C2CCOCC2)O1. The van der Waals surface area contributed by atoms with Crippen LogP contribution in [0, 0.1) is 5.92 Å². The fourth-order valence-electron chi connectivity index (χ4n) is 2.47. The summed E-state index contributed by atoms with van der Waals surface area (Å²) in [6, 6.07) is 0. The quantitative estimate of drug-likeness (QED) is 0.731. The monoisotopic (exact) mass is 200 g/mol. The van der Waals surface area contributed by atoms with Gasteiger partial charge in [-0.2, -0.15) is 0 Å². The second-order valence-corrected chi connectivity index (χ2v) is 4.75. The second-order valence-electron chi connectivity index (χ2n) is 4.75. The number of aliphatic hydroxyl groups excluding tert-OH is 1. The molecular formula is C11H20O3. The number of rotatable bonds is 2. The smallest absolute Gasteiger partial charge is 0.0889 e. The van der Waals surface area contributed by atoms with Crippen LogP contribution in [0.4, 0.5) is 0 Å². The molecule has 0 aliphatic carbocycles. The van der Waals surface area contributed by atoms with Crippen LogP contribution >= 0.6 is 0 Å². The fraction of sp³-hybridized carbons (Fsp3) is 1.00. The molecule has 14 heavy (non-hydrogen) atoms. The van der Waals surface area contributed by atoms with Crippen molar-refractivity contribution in [3.63, 3.8) is 0 Å². The van der Waals surface area contributed by atoms with E-state index < -0.39 is 0 Å². The molecular weight excluding hydrogens is 180 g/mol. The van der Waals surface area contributed by atoms with Crippen molar-refractivity contribution in [2.24, 2.45) is 5.92 Å². The highest BCUT2D eigenvalue weighted by Gasteiger charge is 2.39. The molecule has 2 fully saturated rings. The lowest BCUT2D eigenvalue weighted by atomic mass is 9.91. The molecule has 0 bridgehead atoms. The molecule has 0 radical (unpaired) electrons. The third-order valence-electron chi connectivity index (χ3n) is 3.52. The van der Waals surface area contributed by atoms with E-state index in [9.17, 15) is 5.11 Å². The van der Waals surface area contributed by atoms with Crippen molar-refractivity contribution < 1.29 is 14.6 Å². The van der Waals surface area contributed by atoms with E-state index in [2.05, 4.69) is 0 Å². The summed E-state index contributed by atoms with van der Waals surface area (Å²) in [6.07, 6.45) is 4.68. The largest absolute Gasteiger partial charge is 0.393 e. The third-order valence-corrected chi connectivity index (χ3v) is 3.52. The van der Waals surface area contributed by atoms with Gasteiger partial charge in [0.1, 0.15) is 0 Å². The van der Waals surface area contributed by atoms with E-state index in [1.807, 2.05) is 6.92 Å². The van der Waals surface area contributed by atoms with Crippen molar-refractivity contribution in [1.29, 1.82) is 0 Å². The highest BCUT2D eigenvalue weighted by molar-refractivity contribution is 4.88. The van der Waals surface area contributed by atoms with E-state index in [0.29, 0.717) is 12.0 Å². The Labute approximate surface area is 85.4 Å². The van der Waals surface area contributed by atoms with Gasteiger partial charge >= 0.3 is 0 Å². The molecule has 82 valence electrons. The summed E-state index contributed by atoms with van der Waals surface area (Å²) in [5, 5.41) is 9.19. The number of hydrogen-bond donors (Lipinski definition) is 1. The van der Waals surface area contributed by atoms with Crippen LogP contribution in [-0.4, -0.2) is 36.6 Å². The molecule has 2 unspecified atom stereocenters. The van der Waals surface area contributed by atoms with Crippen molar-refractivity contribution >= 4 is 0 Å². The first-order chi connectivity index (χ1) is 6.73.